The maximum Gasteiger partial charge on any atom is 0.148 e. The van der Waals surface area contributed by atoms with Gasteiger partial charge in [-0.05, 0) is 107 Å². The number of fused-ring (bicyclic) bond motifs is 1. The molecule has 0 radical (unpaired) electrons. The third kappa shape index (κ3) is 8.39. The Balaban J connectivity index is 0.00000548. The van der Waals surface area contributed by atoms with E-state index in [0.717, 1.165) is 100 Å². The van der Waals surface area contributed by atoms with E-state index in [1.54, 1.807) is 0 Å². The molecule has 10 aromatic rings. The Morgan fingerprint density at radius 2 is 1.17 bits per heavy atom. The number of phenolic OH excluding ortho intramolecular Hbond substituents is 1. The molecule has 5 heteroatoms. The monoisotopic (exact) mass is 1020 g/mol. The SMILES string of the molecule is [2H]C(C)(C)c1cc(-c2ccccc2)c(-n2c(-c3cc(C)cc(C)c3O)nc3c(-c4[c-]c(-c5cc(-c6ccc(C)cc6)ccn5)cc(-c5ccccc5)c4)cccc32)cc1-c1ccccc1.[Pt]. The first kappa shape index (κ1) is 41.9. The number of para-hydroxylation sites is 1. The van der Waals surface area contributed by atoms with Crippen LogP contribution in [0.25, 0.3) is 95.0 Å². The van der Waals surface area contributed by atoms with E-state index >= 15 is 0 Å². The summed E-state index contributed by atoms with van der Waals surface area (Å²) >= 11 is 0. The number of benzene rings is 8. The van der Waals surface area contributed by atoms with Crippen molar-refractivity contribution < 1.29 is 27.5 Å². The van der Waals surface area contributed by atoms with Gasteiger partial charge in [0, 0.05) is 39.9 Å². The van der Waals surface area contributed by atoms with Crippen molar-refractivity contribution in [2.75, 3.05) is 0 Å². The number of phenols is 1. The van der Waals surface area contributed by atoms with Crippen molar-refractivity contribution in [3.05, 3.63) is 217 Å². The van der Waals surface area contributed by atoms with Gasteiger partial charge in [0.05, 0.1) is 22.3 Å². The van der Waals surface area contributed by atoms with E-state index in [0.29, 0.717) is 11.4 Å². The van der Waals surface area contributed by atoms with Crippen LogP contribution >= 0.6 is 0 Å². The molecule has 0 aliphatic rings. The molecule has 0 unspecified atom stereocenters. The van der Waals surface area contributed by atoms with Crippen LogP contribution in [0.3, 0.4) is 0 Å². The van der Waals surface area contributed by atoms with E-state index in [4.69, 9.17) is 9.97 Å². The fraction of sp³-hybridized carbons (Fsp3) is 0.100. The molecule has 8 aromatic carbocycles. The first-order chi connectivity index (χ1) is 31.5. The van der Waals surface area contributed by atoms with Gasteiger partial charge in [-0.2, -0.15) is 0 Å². The van der Waals surface area contributed by atoms with E-state index in [-0.39, 0.29) is 26.8 Å². The molecule has 4 nitrogen and oxygen atoms in total. The normalized spacial score (nSPS) is 11.6. The second-order valence-corrected chi connectivity index (χ2v) is 16.9. The Bertz CT molecular complexity index is 3380. The van der Waals surface area contributed by atoms with E-state index in [9.17, 15) is 6.48 Å². The van der Waals surface area contributed by atoms with Crippen LogP contribution in [-0.2, 0) is 21.1 Å². The van der Waals surface area contributed by atoms with E-state index in [1.165, 1.54) is 5.56 Å². The minimum atomic E-state index is -0.919. The van der Waals surface area contributed by atoms with Crippen LogP contribution in [0, 0.1) is 26.8 Å². The average molecular weight is 1020 g/mol. The number of aromatic hydroxyl groups is 1. The van der Waals surface area contributed by atoms with Crippen molar-refractivity contribution >= 4 is 11.0 Å². The maximum absolute atomic E-state index is 12.0. The number of aromatic nitrogens is 3. The second kappa shape index (κ2) is 18.2. The minimum Gasteiger partial charge on any atom is -0.507 e. The van der Waals surface area contributed by atoms with Crippen molar-refractivity contribution in [3.63, 3.8) is 0 Å². The van der Waals surface area contributed by atoms with Gasteiger partial charge in [0.15, 0.2) is 0 Å². The van der Waals surface area contributed by atoms with Gasteiger partial charge in [-0.1, -0.05) is 176 Å². The van der Waals surface area contributed by atoms with Crippen LogP contribution < -0.4 is 0 Å². The first-order valence-corrected chi connectivity index (χ1v) is 21.8. The fourth-order valence-electron chi connectivity index (χ4n) is 8.92. The summed E-state index contributed by atoms with van der Waals surface area (Å²) in [5.41, 5.74) is 18.8. The van der Waals surface area contributed by atoms with Crippen LogP contribution in [0.5, 0.6) is 5.75 Å². The summed E-state index contributed by atoms with van der Waals surface area (Å²) in [4.78, 5) is 10.5. The van der Waals surface area contributed by atoms with Crippen LogP contribution in [0.4, 0.5) is 0 Å². The molecule has 0 saturated carbocycles. The summed E-state index contributed by atoms with van der Waals surface area (Å²) < 4.78 is 11.6. The summed E-state index contributed by atoms with van der Waals surface area (Å²) in [6, 6.07) is 66.8. The molecule has 0 bridgehead atoms. The van der Waals surface area contributed by atoms with Crippen molar-refractivity contribution in [3.8, 4) is 89.7 Å². The summed E-state index contributed by atoms with van der Waals surface area (Å²) in [5.74, 6) is -0.128. The average Bonchev–Trinajstić information content (AvgIpc) is 3.72. The molecule has 1 N–H and O–H groups in total. The number of rotatable bonds is 9. The quantitative estimate of drug-likeness (QED) is 0.147. The standard InChI is InChI=1S/C60H48N3O.Pt/c1-38(2)51-36-53(45-20-13-8-14-21-45)57(37-52(51)44-18-11-7-12-19-44)63-56-23-15-22-50(58(56)62-60(63)54-31-40(4)30-41(5)59(54)64)48-32-47(42-16-9-6-10-17-42)33-49(34-48)55-35-46(28-29-61-55)43-26-24-39(3)25-27-43;/h6-33,35-38,64H,1-5H3;/q-1;/i38D;. The molecule has 0 saturated heterocycles. The van der Waals surface area contributed by atoms with Gasteiger partial charge in [-0.3, -0.25) is 9.55 Å². The molecule has 0 atom stereocenters. The van der Waals surface area contributed by atoms with Gasteiger partial charge in [0.25, 0.3) is 0 Å². The van der Waals surface area contributed by atoms with Gasteiger partial charge >= 0.3 is 0 Å². The molecule has 2 aromatic heterocycles. The number of pyridine rings is 1. The third-order valence-electron chi connectivity index (χ3n) is 12.1. The van der Waals surface area contributed by atoms with Crippen molar-refractivity contribution in [2.45, 2.75) is 40.5 Å². The molecular weight excluding hydrogens is 974 g/mol. The summed E-state index contributed by atoms with van der Waals surface area (Å²) in [7, 11) is 0. The third-order valence-corrected chi connectivity index (χ3v) is 12.1. The summed E-state index contributed by atoms with van der Waals surface area (Å²) in [5, 5.41) is 12.0. The van der Waals surface area contributed by atoms with Gasteiger partial charge in [0.1, 0.15) is 11.6 Å². The molecule has 0 aliphatic carbocycles. The predicted molar refractivity (Wildman–Crippen MR) is 266 cm³/mol. The maximum atomic E-state index is 12.0. The zero-order valence-corrected chi connectivity index (χ0v) is 39.3. The molecule has 320 valence electrons. The minimum absolute atomic E-state index is 0. The predicted octanol–water partition coefficient (Wildman–Crippen LogP) is 15.6. The number of imidazole rings is 1. The van der Waals surface area contributed by atoms with Crippen LogP contribution in [-0.4, -0.2) is 19.6 Å². The molecule has 0 fully saturated rings. The van der Waals surface area contributed by atoms with E-state index in [1.807, 2.05) is 69.4 Å². The molecular formula is C60H48N3OPt-. The van der Waals surface area contributed by atoms with Crippen LogP contribution in [0.2, 0.25) is 0 Å². The second-order valence-electron chi connectivity index (χ2n) is 16.9. The van der Waals surface area contributed by atoms with Gasteiger partial charge < -0.3 is 5.11 Å². The van der Waals surface area contributed by atoms with E-state index < -0.39 is 5.89 Å². The van der Waals surface area contributed by atoms with Crippen molar-refractivity contribution in [2.24, 2.45) is 0 Å². The van der Waals surface area contributed by atoms with Gasteiger partial charge in [0.2, 0.25) is 0 Å². The fourth-order valence-corrected chi connectivity index (χ4v) is 8.92. The number of hydrogen-bond acceptors (Lipinski definition) is 3. The summed E-state index contributed by atoms with van der Waals surface area (Å²) in [6.07, 6.45) is 1.87. The Morgan fingerprint density at radius 3 is 1.85 bits per heavy atom. The van der Waals surface area contributed by atoms with Gasteiger partial charge in [-0.15, -0.1) is 23.8 Å². The van der Waals surface area contributed by atoms with Gasteiger partial charge in [-0.25, -0.2) is 4.98 Å². The number of nitrogens with zero attached hydrogens (tertiary/aromatic N) is 3. The Kier molecular flexibility index (Phi) is 11.7. The zero-order valence-electron chi connectivity index (χ0n) is 38.0. The molecule has 10 rings (SSSR count). The molecule has 0 amide bonds. The molecule has 65 heavy (non-hydrogen) atoms. The van der Waals surface area contributed by atoms with E-state index in [2.05, 4.69) is 164 Å². The largest absolute Gasteiger partial charge is 0.507 e. The molecule has 2 heterocycles. The van der Waals surface area contributed by atoms with Crippen LogP contribution in [0.1, 0.15) is 43.4 Å². The number of hydrogen-bond donors (Lipinski definition) is 1. The Morgan fingerprint density at radius 1 is 0.538 bits per heavy atom. The Hall–Kier alpha value is -7.13. The molecule has 0 spiro atoms. The van der Waals surface area contributed by atoms with Crippen molar-refractivity contribution in [1.29, 1.82) is 0 Å². The van der Waals surface area contributed by atoms with Crippen LogP contribution in [0.15, 0.2) is 188 Å². The first-order valence-electron chi connectivity index (χ1n) is 22.3. The smallest absolute Gasteiger partial charge is 0.148 e. The molecule has 0 aliphatic heterocycles. The summed E-state index contributed by atoms with van der Waals surface area (Å²) in [6.45, 7) is 9.99. The zero-order chi connectivity index (χ0) is 44.8. The van der Waals surface area contributed by atoms with Crippen molar-refractivity contribution in [1.82, 2.24) is 14.5 Å². The Labute approximate surface area is 397 Å². The topological polar surface area (TPSA) is 50.9 Å². The number of aryl methyl sites for hydroxylation is 3.